The van der Waals surface area contributed by atoms with E-state index in [1.54, 1.807) is 0 Å². The first-order valence-corrected chi connectivity index (χ1v) is 12.4. The van der Waals surface area contributed by atoms with Gasteiger partial charge in [-0.2, -0.15) is 0 Å². The molecule has 36 heavy (non-hydrogen) atoms. The number of nitrogens with two attached hydrogens (primary N) is 1. The molecule has 1 atom stereocenters. The SMILES string of the molecule is C=C(N)c1c(NC)cccc1OCC1CCCN(C=O)C1.Cc1ccnc(-n2ccnc2C(C)C)c1. The summed E-state index contributed by atoms with van der Waals surface area (Å²) in [5, 5.41) is 3.10. The van der Waals surface area contributed by atoms with Crippen LogP contribution in [0.3, 0.4) is 0 Å². The Labute approximate surface area is 214 Å². The van der Waals surface area contributed by atoms with E-state index < -0.39 is 0 Å². The molecule has 1 unspecified atom stereocenters. The molecule has 1 aliphatic rings. The summed E-state index contributed by atoms with van der Waals surface area (Å²) in [7, 11) is 1.84. The van der Waals surface area contributed by atoms with Crippen LogP contribution in [0.2, 0.25) is 0 Å². The van der Waals surface area contributed by atoms with Crippen molar-refractivity contribution in [1.82, 2.24) is 19.4 Å². The maximum Gasteiger partial charge on any atom is 0.209 e. The molecule has 1 aliphatic heterocycles. The van der Waals surface area contributed by atoms with Gasteiger partial charge in [0.15, 0.2) is 0 Å². The van der Waals surface area contributed by atoms with Crippen LogP contribution in [0, 0.1) is 12.8 Å². The summed E-state index contributed by atoms with van der Waals surface area (Å²) in [4.78, 5) is 21.4. The van der Waals surface area contributed by atoms with E-state index in [1.807, 2.05) is 59.4 Å². The second-order valence-corrected chi connectivity index (χ2v) is 9.38. The number of ether oxygens (including phenoxy) is 1. The van der Waals surface area contributed by atoms with Crippen LogP contribution < -0.4 is 15.8 Å². The van der Waals surface area contributed by atoms with Crippen LogP contribution in [0.15, 0.2) is 55.5 Å². The smallest absolute Gasteiger partial charge is 0.209 e. The highest BCUT2D eigenvalue weighted by atomic mass is 16.5. The monoisotopic (exact) mass is 490 g/mol. The minimum absolute atomic E-state index is 0.362. The van der Waals surface area contributed by atoms with Crippen molar-refractivity contribution in [3.8, 4) is 11.6 Å². The topological polar surface area (TPSA) is 98.3 Å². The molecule has 0 bridgehead atoms. The number of nitrogens with zero attached hydrogens (tertiary/aromatic N) is 4. The quantitative estimate of drug-likeness (QED) is 0.448. The molecule has 3 aromatic rings. The Balaban J connectivity index is 0.000000212. The molecule has 1 fully saturated rings. The first-order valence-electron chi connectivity index (χ1n) is 12.4. The Kier molecular flexibility index (Phi) is 9.50. The van der Waals surface area contributed by atoms with Crippen LogP contribution in [0.25, 0.3) is 11.5 Å². The molecule has 8 nitrogen and oxygen atoms in total. The molecule has 2 aromatic heterocycles. The first-order chi connectivity index (χ1) is 17.3. The number of aromatic nitrogens is 3. The fraction of sp³-hybridized carbons (Fsp3) is 0.393. The van der Waals surface area contributed by atoms with Crippen LogP contribution >= 0.6 is 0 Å². The van der Waals surface area contributed by atoms with Crippen LogP contribution in [-0.2, 0) is 4.79 Å². The number of benzene rings is 1. The van der Waals surface area contributed by atoms with E-state index in [1.165, 1.54) is 5.56 Å². The summed E-state index contributed by atoms with van der Waals surface area (Å²) in [6, 6.07) is 9.82. The molecule has 0 aliphatic carbocycles. The van der Waals surface area contributed by atoms with E-state index in [-0.39, 0.29) is 0 Å². The third-order valence-corrected chi connectivity index (χ3v) is 6.12. The van der Waals surface area contributed by atoms with E-state index >= 15 is 0 Å². The number of hydrogen-bond acceptors (Lipinski definition) is 6. The van der Waals surface area contributed by atoms with Crippen LogP contribution in [-0.4, -0.2) is 52.6 Å². The average Bonchev–Trinajstić information content (AvgIpc) is 3.38. The number of hydrogen-bond donors (Lipinski definition) is 2. The zero-order chi connectivity index (χ0) is 26.1. The van der Waals surface area contributed by atoms with Crippen molar-refractivity contribution in [2.45, 2.75) is 39.5 Å². The molecule has 3 heterocycles. The molecule has 3 N–H and O–H groups in total. The van der Waals surface area contributed by atoms with Gasteiger partial charge in [-0.25, -0.2) is 9.97 Å². The highest BCUT2D eigenvalue weighted by Gasteiger charge is 2.20. The Hall–Kier alpha value is -3.81. The van der Waals surface area contributed by atoms with Gasteiger partial charge in [-0.15, -0.1) is 0 Å². The second-order valence-electron chi connectivity index (χ2n) is 9.38. The number of carbonyl (C=O) groups excluding carboxylic acids is 1. The number of pyridine rings is 1. The molecule has 192 valence electrons. The van der Waals surface area contributed by atoms with Gasteiger partial charge < -0.3 is 20.7 Å². The van der Waals surface area contributed by atoms with E-state index in [4.69, 9.17) is 10.5 Å². The standard InChI is InChI=1S/C16H23N3O2.C12H15N3/c1-12(17)16-14(18-2)6-3-7-15(16)21-10-13-5-4-8-19(9-13)11-20;1-9(2)12-14-6-7-15(12)11-8-10(3)4-5-13-11/h3,6-7,11,13,18H,1,4-5,8-10,17H2,2H3;4-9H,1-3H3. The van der Waals surface area contributed by atoms with Gasteiger partial charge in [0, 0.05) is 61.9 Å². The Bertz CT molecular complexity index is 1160. The number of amides is 1. The van der Waals surface area contributed by atoms with E-state index in [2.05, 4.69) is 48.7 Å². The summed E-state index contributed by atoms with van der Waals surface area (Å²) in [6.45, 7) is 12.3. The molecule has 4 rings (SSSR count). The number of aryl methyl sites for hydroxylation is 1. The van der Waals surface area contributed by atoms with Crippen LogP contribution in [0.4, 0.5) is 5.69 Å². The molecular weight excluding hydrogens is 452 g/mol. The Morgan fingerprint density at radius 3 is 2.78 bits per heavy atom. The van der Waals surface area contributed by atoms with Crippen molar-refractivity contribution >= 4 is 17.8 Å². The molecular formula is C28H38N6O2. The predicted octanol–water partition coefficient (Wildman–Crippen LogP) is 4.60. The molecule has 1 saturated heterocycles. The zero-order valence-electron chi connectivity index (χ0n) is 21.8. The normalized spacial score (nSPS) is 15.1. The fourth-order valence-corrected chi connectivity index (χ4v) is 4.32. The molecule has 0 saturated carbocycles. The largest absolute Gasteiger partial charge is 0.492 e. The maximum atomic E-state index is 10.9. The molecule has 0 spiro atoms. The average molecular weight is 491 g/mol. The zero-order valence-corrected chi connectivity index (χ0v) is 21.8. The Morgan fingerprint density at radius 1 is 1.31 bits per heavy atom. The third-order valence-electron chi connectivity index (χ3n) is 6.12. The lowest BCUT2D eigenvalue weighted by Gasteiger charge is -2.30. The Morgan fingerprint density at radius 2 is 2.11 bits per heavy atom. The van der Waals surface area contributed by atoms with Gasteiger partial charge >= 0.3 is 0 Å². The summed E-state index contributed by atoms with van der Waals surface area (Å²) in [5.41, 5.74) is 9.27. The van der Waals surface area contributed by atoms with Gasteiger partial charge in [-0.1, -0.05) is 26.5 Å². The van der Waals surface area contributed by atoms with Gasteiger partial charge in [0.2, 0.25) is 6.41 Å². The van der Waals surface area contributed by atoms with Crippen molar-refractivity contribution in [3.63, 3.8) is 0 Å². The lowest BCUT2D eigenvalue weighted by atomic mass is 9.99. The van der Waals surface area contributed by atoms with Crippen molar-refractivity contribution < 1.29 is 9.53 Å². The molecule has 1 aromatic carbocycles. The lowest BCUT2D eigenvalue weighted by molar-refractivity contribution is -0.119. The number of likely N-dealkylation sites (tertiary alicyclic amines) is 1. The number of anilines is 1. The van der Waals surface area contributed by atoms with Crippen LogP contribution in [0.5, 0.6) is 5.75 Å². The molecule has 0 radical (unpaired) electrons. The van der Waals surface area contributed by atoms with Gasteiger partial charge in [-0.3, -0.25) is 9.36 Å². The maximum absolute atomic E-state index is 10.9. The number of carbonyl (C=O) groups is 1. The van der Waals surface area contributed by atoms with Gasteiger partial charge in [0.05, 0.1) is 12.2 Å². The van der Waals surface area contributed by atoms with E-state index in [0.717, 1.165) is 61.0 Å². The van der Waals surface area contributed by atoms with E-state index in [0.29, 0.717) is 24.1 Å². The molecule has 8 heteroatoms. The minimum atomic E-state index is 0.362. The van der Waals surface area contributed by atoms with Crippen molar-refractivity contribution in [2.24, 2.45) is 11.7 Å². The summed E-state index contributed by atoms with van der Waals surface area (Å²) >= 11 is 0. The summed E-state index contributed by atoms with van der Waals surface area (Å²) < 4.78 is 7.99. The van der Waals surface area contributed by atoms with E-state index in [9.17, 15) is 4.79 Å². The number of nitrogens with one attached hydrogen (secondary N) is 1. The van der Waals surface area contributed by atoms with Crippen molar-refractivity contribution in [1.29, 1.82) is 0 Å². The van der Waals surface area contributed by atoms with Gasteiger partial charge in [0.1, 0.15) is 17.4 Å². The first kappa shape index (κ1) is 26.8. The predicted molar refractivity (Wildman–Crippen MR) is 145 cm³/mol. The molecule has 1 amide bonds. The van der Waals surface area contributed by atoms with Crippen molar-refractivity contribution in [3.05, 3.63) is 72.5 Å². The highest BCUT2D eigenvalue weighted by molar-refractivity contribution is 5.77. The van der Waals surface area contributed by atoms with Crippen LogP contribution in [0.1, 0.15) is 49.6 Å². The third kappa shape index (κ3) is 6.87. The van der Waals surface area contributed by atoms with Gasteiger partial charge in [0.25, 0.3) is 0 Å². The summed E-state index contributed by atoms with van der Waals surface area (Å²) in [6.07, 6.45) is 8.63. The number of rotatable bonds is 8. The lowest BCUT2D eigenvalue weighted by Crippen LogP contribution is -2.36. The fourth-order valence-electron chi connectivity index (χ4n) is 4.32. The summed E-state index contributed by atoms with van der Waals surface area (Å²) in [5.74, 6) is 3.49. The minimum Gasteiger partial charge on any atom is -0.492 e. The van der Waals surface area contributed by atoms with Gasteiger partial charge in [-0.05, 0) is 49.6 Å². The van der Waals surface area contributed by atoms with Crippen molar-refractivity contribution in [2.75, 3.05) is 32.1 Å². The number of imidazole rings is 1. The number of piperidine rings is 1. The second kappa shape index (κ2) is 12.8. The highest BCUT2D eigenvalue weighted by Crippen LogP contribution is 2.31.